The Hall–Kier alpha value is -3.27. The topological polar surface area (TPSA) is 94.2 Å². The molecule has 3 aromatic rings. The van der Waals surface area contributed by atoms with Gasteiger partial charge in [0.05, 0.1) is 9.92 Å². The van der Waals surface area contributed by atoms with Gasteiger partial charge in [-0.15, -0.1) is 0 Å². The molecule has 2 heterocycles. The molecule has 0 fully saturated rings. The molecule has 2 aliphatic heterocycles. The fourth-order valence-electron chi connectivity index (χ4n) is 3.90. The molecular formula is C24H21ClN2O6S. The standard InChI is InChI=1S/C24H21ClN2O6S/c25-20-12-19(34(29,30)27-10-9-16-3-1-2-4-17(16)13-27)6-8-21(20)31-14-24(28)26-18-5-7-22-23(11-18)33-15-32-22/h1-8,11-12H,9-10,13-15H2,(H,26,28). The molecule has 5 rings (SSSR count). The van der Waals surface area contributed by atoms with Crippen LogP contribution in [0.2, 0.25) is 5.02 Å². The summed E-state index contributed by atoms with van der Waals surface area (Å²) in [6, 6.07) is 17.1. The van der Waals surface area contributed by atoms with Crippen LogP contribution in [0.15, 0.2) is 65.6 Å². The van der Waals surface area contributed by atoms with Crippen LogP contribution in [0.1, 0.15) is 11.1 Å². The molecule has 0 bridgehead atoms. The second-order valence-corrected chi connectivity index (χ2v) is 10.2. The van der Waals surface area contributed by atoms with E-state index in [1.165, 1.54) is 22.5 Å². The Balaban J connectivity index is 1.22. The van der Waals surface area contributed by atoms with Gasteiger partial charge in [0.25, 0.3) is 5.91 Å². The Bertz CT molecular complexity index is 1360. The molecule has 10 heteroatoms. The van der Waals surface area contributed by atoms with Crippen LogP contribution in [-0.2, 0) is 27.8 Å². The summed E-state index contributed by atoms with van der Waals surface area (Å²) in [6.07, 6.45) is 0.656. The van der Waals surface area contributed by atoms with Crippen molar-refractivity contribution in [3.05, 3.63) is 76.8 Å². The smallest absolute Gasteiger partial charge is 0.262 e. The van der Waals surface area contributed by atoms with E-state index in [9.17, 15) is 13.2 Å². The minimum Gasteiger partial charge on any atom is -0.482 e. The molecule has 2 aliphatic rings. The highest BCUT2D eigenvalue weighted by Crippen LogP contribution is 2.34. The van der Waals surface area contributed by atoms with Gasteiger partial charge in [-0.25, -0.2) is 8.42 Å². The first kappa shape index (κ1) is 22.5. The first-order valence-electron chi connectivity index (χ1n) is 10.6. The summed E-state index contributed by atoms with van der Waals surface area (Å²) in [6.45, 7) is 0.554. The summed E-state index contributed by atoms with van der Waals surface area (Å²) in [4.78, 5) is 12.4. The van der Waals surface area contributed by atoms with Crippen molar-refractivity contribution in [2.45, 2.75) is 17.9 Å². The largest absolute Gasteiger partial charge is 0.482 e. The fraction of sp³-hybridized carbons (Fsp3) is 0.208. The van der Waals surface area contributed by atoms with Crippen LogP contribution in [0.25, 0.3) is 0 Å². The van der Waals surface area contributed by atoms with E-state index in [1.807, 2.05) is 24.3 Å². The van der Waals surface area contributed by atoms with Crippen molar-refractivity contribution in [3.63, 3.8) is 0 Å². The van der Waals surface area contributed by atoms with E-state index >= 15 is 0 Å². The summed E-state index contributed by atoms with van der Waals surface area (Å²) in [5.74, 6) is 0.977. The number of hydrogen-bond donors (Lipinski definition) is 1. The first-order valence-corrected chi connectivity index (χ1v) is 12.4. The van der Waals surface area contributed by atoms with E-state index in [-0.39, 0.29) is 29.1 Å². The number of hydrogen-bond acceptors (Lipinski definition) is 6. The fourth-order valence-corrected chi connectivity index (χ4v) is 5.64. The molecule has 0 saturated heterocycles. The van der Waals surface area contributed by atoms with Gasteiger partial charge in [0, 0.05) is 24.8 Å². The SMILES string of the molecule is O=C(COc1ccc(S(=O)(=O)N2CCc3ccccc3C2)cc1Cl)Nc1ccc2c(c1)OCO2. The number of amides is 1. The average Bonchev–Trinajstić information content (AvgIpc) is 3.31. The molecule has 3 aromatic carbocycles. The van der Waals surface area contributed by atoms with Crippen LogP contribution < -0.4 is 19.5 Å². The van der Waals surface area contributed by atoms with Gasteiger partial charge < -0.3 is 19.5 Å². The number of sulfonamides is 1. The normalized spacial score (nSPS) is 15.0. The zero-order valence-corrected chi connectivity index (χ0v) is 19.6. The van der Waals surface area contributed by atoms with Crippen LogP contribution in [0.5, 0.6) is 17.2 Å². The summed E-state index contributed by atoms with van der Waals surface area (Å²) < 4.78 is 43.8. The highest BCUT2D eigenvalue weighted by atomic mass is 35.5. The molecule has 0 spiro atoms. The Labute approximate surface area is 202 Å². The number of carbonyl (C=O) groups is 1. The predicted molar refractivity (Wildman–Crippen MR) is 126 cm³/mol. The molecule has 34 heavy (non-hydrogen) atoms. The number of nitrogens with one attached hydrogen (secondary N) is 1. The maximum atomic E-state index is 13.2. The third kappa shape index (κ3) is 4.54. The molecule has 8 nitrogen and oxygen atoms in total. The van der Waals surface area contributed by atoms with Gasteiger partial charge in [-0.2, -0.15) is 4.31 Å². The molecular weight excluding hydrogens is 480 g/mol. The third-order valence-electron chi connectivity index (χ3n) is 5.65. The number of rotatable bonds is 6. The zero-order valence-electron chi connectivity index (χ0n) is 18.0. The highest BCUT2D eigenvalue weighted by molar-refractivity contribution is 7.89. The van der Waals surface area contributed by atoms with E-state index in [0.717, 1.165) is 11.1 Å². The van der Waals surface area contributed by atoms with Gasteiger partial charge in [-0.1, -0.05) is 35.9 Å². The van der Waals surface area contributed by atoms with Crippen LogP contribution in [0.3, 0.4) is 0 Å². The van der Waals surface area contributed by atoms with Crippen molar-refractivity contribution in [2.75, 3.05) is 25.3 Å². The van der Waals surface area contributed by atoms with E-state index in [4.69, 9.17) is 25.8 Å². The van der Waals surface area contributed by atoms with Crippen molar-refractivity contribution in [2.24, 2.45) is 0 Å². The van der Waals surface area contributed by atoms with E-state index in [0.29, 0.717) is 36.7 Å². The zero-order chi connectivity index (χ0) is 23.7. The van der Waals surface area contributed by atoms with E-state index < -0.39 is 15.9 Å². The first-order chi connectivity index (χ1) is 16.4. The molecule has 0 radical (unpaired) electrons. The van der Waals surface area contributed by atoms with Gasteiger partial charge in [0.2, 0.25) is 16.8 Å². The average molecular weight is 501 g/mol. The number of nitrogens with zero attached hydrogens (tertiary/aromatic N) is 1. The molecule has 0 unspecified atom stereocenters. The molecule has 0 aromatic heterocycles. The number of halogens is 1. The maximum absolute atomic E-state index is 13.2. The Kier molecular flexibility index (Phi) is 6.07. The van der Waals surface area contributed by atoms with Gasteiger partial charge in [0.1, 0.15) is 5.75 Å². The molecule has 0 saturated carbocycles. The quantitative estimate of drug-likeness (QED) is 0.553. The van der Waals surface area contributed by atoms with Crippen molar-refractivity contribution in [3.8, 4) is 17.2 Å². The lowest BCUT2D eigenvalue weighted by molar-refractivity contribution is -0.118. The van der Waals surface area contributed by atoms with Gasteiger partial charge in [-0.3, -0.25) is 4.79 Å². The van der Waals surface area contributed by atoms with Gasteiger partial charge >= 0.3 is 0 Å². The van der Waals surface area contributed by atoms with Crippen molar-refractivity contribution in [1.29, 1.82) is 0 Å². The third-order valence-corrected chi connectivity index (χ3v) is 7.79. The second kappa shape index (κ2) is 9.17. The number of carbonyl (C=O) groups excluding carboxylic acids is 1. The molecule has 1 N–H and O–H groups in total. The Morgan fingerprint density at radius 3 is 2.65 bits per heavy atom. The molecule has 0 aliphatic carbocycles. The van der Waals surface area contributed by atoms with Crippen LogP contribution in [0, 0.1) is 0 Å². The monoisotopic (exact) mass is 500 g/mol. The summed E-state index contributed by atoms with van der Waals surface area (Å²) >= 11 is 6.29. The minimum atomic E-state index is -3.73. The lowest BCUT2D eigenvalue weighted by Gasteiger charge is -2.28. The lowest BCUT2D eigenvalue weighted by Crippen LogP contribution is -2.35. The summed E-state index contributed by atoms with van der Waals surface area (Å²) in [5.41, 5.74) is 2.69. The van der Waals surface area contributed by atoms with Crippen molar-refractivity contribution in [1.82, 2.24) is 4.31 Å². The van der Waals surface area contributed by atoms with E-state index in [1.54, 1.807) is 18.2 Å². The molecule has 0 atom stereocenters. The van der Waals surface area contributed by atoms with Crippen molar-refractivity contribution >= 4 is 33.2 Å². The van der Waals surface area contributed by atoms with Crippen LogP contribution in [-0.4, -0.2) is 38.6 Å². The van der Waals surface area contributed by atoms with Crippen LogP contribution in [0.4, 0.5) is 5.69 Å². The number of ether oxygens (including phenoxy) is 3. The lowest BCUT2D eigenvalue weighted by atomic mass is 10.0. The summed E-state index contributed by atoms with van der Waals surface area (Å²) in [5, 5.41) is 2.81. The second-order valence-electron chi connectivity index (χ2n) is 7.85. The van der Waals surface area contributed by atoms with Gasteiger partial charge in [0.15, 0.2) is 18.1 Å². The highest BCUT2D eigenvalue weighted by Gasteiger charge is 2.28. The van der Waals surface area contributed by atoms with E-state index in [2.05, 4.69) is 5.32 Å². The maximum Gasteiger partial charge on any atom is 0.262 e. The molecule has 1 amide bonds. The number of anilines is 1. The minimum absolute atomic E-state index is 0.0778. The Morgan fingerprint density at radius 2 is 1.82 bits per heavy atom. The van der Waals surface area contributed by atoms with Crippen LogP contribution >= 0.6 is 11.6 Å². The van der Waals surface area contributed by atoms with Gasteiger partial charge in [-0.05, 0) is 47.9 Å². The number of fused-ring (bicyclic) bond motifs is 2. The Morgan fingerprint density at radius 1 is 1.03 bits per heavy atom. The number of benzene rings is 3. The predicted octanol–water partition coefficient (Wildman–Crippen LogP) is 3.83. The molecule has 176 valence electrons. The van der Waals surface area contributed by atoms with Crippen molar-refractivity contribution < 1.29 is 27.4 Å². The summed E-state index contributed by atoms with van der Waals surface area (Å²) in [7, 11) is -3.73.